The minimum absolute atomic E-state index is 0.00274. The molecule has 0 bridgehead atoms. The van der Waals surface area contributed by atoms with E-state index >= 15 is 0 Å². The van der Waals surface area contributed by atoms with Gasteiger partial charge in [-0.2, -0.15) is 0 Å². The van der Waals surface area contributed by atoms with Crippen LogP contribution in [-0.4, -0.2) is 20.9 Å². The quantitative estimate of drug-likeness (QED) is 0.588. The van der Waals surface area contributed by atoms with E-state index in [2.05, 4.69) is 35.1 Å². The van der Waals surface area contributed by atoms with E-state index < -0.39 is 10.0 Å². The van der Waals surface area contributed by atoms with Gasteiger partial charge in [0.25, 0.3) is 0 Å². The zero-order valence-corrected chi connectivity index (χ0v) is 17.6. The monoisotopic (exact) mass is 454 g/mol. The Kier molecular flexibility index (Phi) is 7.41. The molecule has 2 rings (SSSR count). The number of hydrogen-bond acceptors (Lipinski definition) is 4. The van der Waals surface area contributed by atoms with Gasteiger partial charge in [0.15, 0.2) is 0 Å². The van der Waals surface area contributed by atoms with Crippen molar-refractivity contribution in [2.24, 2.45) is 5.14 Å². The number of benzene rings is 2. The number of rotatable bonds is 8. The van der Waals surface area contributed by atoms with Crippen LogP contribution in [-0.2, 0) is 14.8 Å². The zero-order chi connectivity index (χ0) is 20.0. The number of halogens is 1. The minimum Gasteiger partial charge on any atom is -0.492 e. The van der Waals surface area contributed by atoms with E-state index in [0.717, 1.165) is 10.2 Å². The first-order chi connectivity index (χ1) is 12.7. The molecular weight excluding hydrogens is 432 g/mol. The SMILES string of the molecule is CC(C)c1ccc(OCCCC(=O)Nc2ccc(S(N)(=O)=O)cc2)c(Br)c1. The van der Waals surface area contributed by atoms with E-state index in [1.165, 1.54) is 29.8 Å². The van der Waals surface area contributed by atoms with E-state index in [1.54, 1.807) is 0 Å². The summed E-state index contributed by atoms with van der Waals surface area (Å²) in [5.41, 5.74) is 1.74. The van der Waals surface area contributed by atoms with Gasteiger partial charge in [0.05, 0.1) is 16.0 Å². The fraction of sp³-hybridized carbons (Fsp3) is 0.316. The summed E-state index contributed by atoms with van der Waals surface area (Å²) in [6, 6.07) is 11.7. The maximum Gasteiger partial charge on any atom is 0.238 e. The first-order valence-corrected chi connectivity index (χ1v) is 10.9. The topological polar surface area (TPSA) is 98.5 Å². The Balaban J connectivity index is 1.78. The molecule has 0 saturated heterocycles. The third kappa shape index (κ3) is 6.64. The van der Waals surface area contributed by atoms with Crippen LogP contribution in [0.3, 0.4) is 0 Å². The molecule has 1 amide bonds. The molecule has 0 aliphatic heterocycles. The lowest BCUT2D eigenvalue weighted by molar-refractivity contribution is -0.116. The smallest absolute Gasteiger partial charge is 0.238 e. The van der Waals surface area contributed by atoms with Crippen molar-refractivity contribution >= 4 is 37.5 Å². The average molecular weight is 455 g/mol. The molecule has 0 aliphatic carbocycles. The van der Waals surface area contributed by atoms with E-state index in [9.17, 15) is 13.2 Å². The first kappa shape index (κ1) is 21.4. The van der Waals surface area contributed by atoms with Crippen LogP contribution < -0.4 is 15.2 Å². The summed E-state index contributed by atoms with van der Waals surface area (Å²) in [5, 5.41) is 7.75. The number of carbonyl (C=O) groups excluding carboxylic acids is 1. The van der Waals surface area contributed by atoms with Crippen LogP contribution in [0.4, 0.5) is 5.69 Å². The number of anilines is 1. The molecule has 0 fully saturated rings. The number of sulfonamides is 1. The van der Waals surface area contributed by atoms with Gasteiger partial charge in [-0.3, -0.25) is 4.79 Å². The largest absolute Gasteiger partial charge is 0.492 e. The molecule has 3 N–H and O–H groups in total. The number of nitrogens with two attached hydrogens (primary N) is 1. The summed E-state index contributed by atoms with van der Waals surface area (Å²) in [6.07, 6.45) is 0.845. The van der Waals surface area contributed by atoms with Gasteiger partial charge >= 0.3 is 0 Å². The molecule has 0 unspecified atom stereocenters. The fourth-order valence-corrected chi connectivity index (χ4v) is 3.39. The Morgan fingerprint density at radius 2 is 1.85 bits per heavy atom. The normalized spacial score (nSPS) is 11.4. The van der Waals surface area contributed by atoms with Crippen LogP contribution in [0.5, 0.6) is 5.75 Å². The van der Waals surface area contributed by atoms with Crippen molar-refractivity contribution in [3.63, 3.8) is 0 Å². The molecule has 0 radical (unpaired) electrons. The van der Waals surface area contributed by atoms with Gasteiger partial charge in [-0.15, -0.1) is 0 Å². The summed E-state index contributed by atoms with van der Waals surface area (Å²) >= 11 is 3.50. The summed E-state index contributed by atoms with van der Waals surface area (Å²) in [6.45, 7) is 4.67. The number of ether oxygens (including phenoxy) is 1. The number of primary sulfonamides is 1. The van der Waals surface area contributed by atoms with Crippen molar-refractivity contribution in [1.82, 2.24) is 0 Å². The molecule has 0 aliphatic rings. The Morgan fingerprint density at radius 1 is 1.19 bits per heavy atom. The van der Waals surface area contributed by atoms with Gasteiger partial charge in [0.1, 0.15) is 5.75 Å². The summed E-state index contributed by atoms with van der Waals surface area (Å²) in [4.78, 5) is 12.0. The third-order valence-corrected chi connectivity index (χ3v) is 5.44. The molecule has 0 spiro atoms. The molecule has 0 atom stereocenters. The number of hydrogen-bond donors (Lipinski definition) is 2. The Morgan fingerprint density at radius 3 is 2.41 bits per heavy atom. The van der Waals surface area contributed by atoms with Crippen LogP contribution in [0.1, 0.15) is 38.2 Å². The fourth-order valence-electron chi connectivity index (χ4n) is 2.36. The number of carbonyl (C=O) groups is 1. The number of amides is 1. The van der Waals surface area contributed by atoms with E-state index in [4.69, 9.17) is 9.88 Å². The van der Waals surface area contributed by atoms with Crippen LogP contribution >= 0.6 is 15.9 Å². The Labute approximate surface area is 168 Å². The van der Waals surface area contributed by atoms with Gasteiger partial charge in [-0.05, 0) is 70.2 Å². The predicted molar refractivity (Wildman–Crippen MR) is 109 cm³/mol. The van der Waals surface area contributed by atoms with Gasteiger partial charge in [0, 0.05) is 12.1 Å². The first-order valence-electron chi connectivity index (χ1n) is 8.52. The van der Waals surface area contributed by atoms with Gasteiger partial charge in [-0.1, -0.05) is 19.9 Å². The Bertz CT molecular complexity index is 896. The van der Waals surface area contributed by atoms with Crippen LogP contribution in [0.15, 0.2) is 51.8 Å². The van der Waals surface area contributed by atoms with Crippen molar-refractivity contribution in [2.75, 3.05) is 11.9 Å². The summed E-state index contributed by atoms with van der Waals surface area (Å²) in [5.74, 6) is 1.02. The molecule has 6 nitrogen and oxygen atoms in total. The second-order valence-corrected chi connectivity index (χ2v) is 8.83. The van der Waals surface area contributed by atoms with Gasteiger partial charge in [0.2, 0.25) is 15.9 Å². The maximum absolute atomic E-state index is 12.0. The summed E-state index contributed by atoms with van der Waals surface area (Å²) < 4.78 is 29.0. The molecule has 8 heteroatoms. The lowest BCUT2D eigenvalue weighted by Gasteiger charge is -2.11. The highest BCUT2D eigenvalue weighted by atomic mass is 79.9. The lowest BCUT2D eigenvalue weighted by atomic mass is 10.0. The predicted octanol–water partition coefficient (Wildman–Crippen LogP) is 4.02. The molecule has 2 aromatic carbocycles. The van der Waals surface area contributed by atoms with Crippen molar-refractivity contribution in [3.05, 3.63) is 52.5 Å². The van der Waals surface area contributed by atoms with Crippen LogP contribution in [0, 0.1) is 0 Å². The van der Waals surface area contributed by atoms with E-state index in [0.29, 0.717) is 31.1 Å². The highest BCUT2D eigenvalue weighted by Crippen LogP contribution is 2.29. The molecule has 0 heterocycles. The number of nitrogens with one attached hydrogen (secondary N) is 1. The standard InChI is InChI=1S/C19H23BrN2O4S/c1-13(2)14-5-10-18(17(20)12-14)26-11-3-4-19(23)22-15-6-8-16(9-7-15)27(21,24)25/h5-10,12-13H,3-4,11H2,1-2H3,(H,22,23)(H2,21,24,25). The maximum atomic E-state index is 12.0. The second kappa shape index (κ2) is 9.34. The minimum atomic E-state index is -3.74. The van der Waals surface area contributed by atoms with Gasteiger partial charge in [-0.25, -0.2) is 13.6 Å². The third-order valence-electron chi connectivity index (χ3n) is 3.89. The van der Waals surface area contributed by atoms with E-state index in [1.807, 2.05) is 18.2 Å². The van der Waals surface area contributed by atoms with Crippen molar-refractivity contribution < 1.29 is 17.9 Å². The molecule has 0 aromatic heterocycles. The second-order valence-electron chi connectivity index (χ2n) is 6.41. The molecule has 2 aromatic rings. The van der Waals surface area contributed by atoms with Crippen LogP contribution in [0.25, 0.3) is 0 Å². The average Bonchev–Trinajstić information content (AvgIpc) is 2.59. The van der Waals surface area contributed by atoms with Crippen molar-refractivity contribution in [2.45, 2.75) is 37.5 Å². The highest BCUT2D eigenvalue weighted by Gasteiger charge is 2.09. The Hall–Kier alpha value is -1.90. The molecule has 146 valence electrons. The lowest BCUT2D eigenvalue weighted by Crippen LogP contribution is -2.14. The molecule has 0 saturated carbocycles. The molecular formula is C19H23BrN2O4S. The zero-order valence-electron chi connectivity index (χ0n) is 15.2. The molecule has 27 heavy (non-hydrogen) atoms. The van der Waals surface area contributed by atoms with Gasteiger partial charge < -0.3 is 10.1 Å². The van der Waals surface area contributed by atoms with Crippen LogP contribution in [0.2, 0.25) is 0 Å². The summed E-state index contributed by atoms with van der Waals surface area (Å²) in [7, 11) is -3.74. The van der Waals surface area contributed by atoms with E-state index in [-0.39, 0.29) is 10.8 Å². The highest BCUT2D eigenvalue weighted by molar-refractivity contribution is 9.10. The van der Waals surface area contributed by atoms with Crippen molar-refractivity contribution in [3.8, 4) is 5.75 Å². The van der Waals surface area contributed by atoms with Crippen molar-refractivity contribution in [1.29, 1.82) is 0 Å².